The first-order chi connectivity index (χ1) is 8.20. The molecule has 0 bridgehead atoms. The van der Waals surface area contributed by atoms with Crippen LogP contribution in [0.2, 0.25) is 0 Å². The van der Waals surface area contributed by atoms with Crippen LogP contribution in [0.25, 0.3) is 0 Å². The minimum absolute atomic E-state index is 0.245. The van der Waals surface area contributed by atoms with E-state index in [1.165, 1.54) is 22.7 Å². The molecule has 0 aliphatic rings. The second-order valence-corrected chi connectivity index (χ2v) is 6.47. The maximum absolute atomic E-state index is 11.4. The molecule has 0 fully saturated rings. The number of nitrogens with one attached hydrogen (secondary N) is 1. The van der Waals surface area contributed by atoms with Gasteiger partial charge in [0.25, 0.3) is 5.91 Å². The van der Waals surface area contributed by atoms with Crippen molar-refractivity contribution in [1.29, 1.82) is 0 Å². The fourth-order valence-corrected chi connectivity index (χ4v) is 3.79. The maximum Gasteiger partial charge on any atom is 0.275 e. The van der Waals surface area contributed by atoms with Crippen molar-refractivity contribution in [2.45, 2.75) is 17.0 Å². The summed E-state index contributed by atoms with van der Waals surface area (Å²) in [5, 5.41) is 7.73. The quantitative estimate of drug-likeness (QED) is 0.388. The number of nitrogens with zero attached hydrogens (tertiary/aromatic N) is 2. The van der Waals surface area contributed by atoms with Crippen LogP contribution in [0.3, 0.4) is 0 Å². The summed E-state index contributed by atoms with van der Waals surface area (Å²) in [7, 11) is 0. The molecule has 90 valence electrons. The first-order valence-electron chi connectivity index (χ1n) is 4.70. The standard InChI is InChI=1S/C9H10N4OS3/c1-5-6(2-7(17-5)8(14)12-10)3-15-9-13-11-4-16-9/h2,4H,3,10H2,1H3,(H,12,14). The van der Waals surface area contributed by atoms with E-state index in [4.69, 9.17) is 5.84 Å². The SMILES string of the molecule is Cc1sc(C(=O)NN)cc1CSc1nncs1. The van der Waals surface area contributed by atoms with Crippen LogP contribution in [-0.4, -0.2) is 16.1 Å². The zero-order valence-electron chi connectivity index (χ0n) is 8.97. The Morgan fingerprint density at radius 1 is 1.65 bits per heavy atom. The zero-order chi connectivity index (χ0) is 12.3. The van der Waals surface area contributed by atoms with E-state index in [0.29, 0.717) is 4.88 Å². The van der Waals surface area contributed by atoms with Crippen LogP contribution in [-0.2, 0) is 5.75 Å². The van der Waals surface area contributed by atoms with E-state index >= 15 is 0 Å². The number of nitrogen functional groups attached to an aromatic ring is 1. The van der Waals surface area contributed by atoms with E-state index in [1.807, 2.05) is 13.0 Å². The number of carbonyl (C=O) groups is 1. The minimum atomic E-state index is -0.245. The van der Waals surface area contributed by atoms with Crippen molar-refractivity contribution in [1.82, 2.24) is 15.6 Å². The summed E-state index contributed by atoms with van der Waals surface area (Å²) in [6, 6.07) is 1.87. The molecule has 2 heterocycles. The highest BCUT2D eigenvalue weighted by atomic mass is 32.2. The Hall–Kier alpha value is -0.960. The predicted octanol–water partition coefficient (Wildman–Crippen LogP) is 1.80. The number of nitrogens with two attached hydrogens (primary N) is 1. The van der Waals surface area contributed by atoms with Gasteiger partial charge in [-0.1, -0.05) is 23.1 Å². The Balaban J connectivity index is 2.06. The van der Waals surface area contributed by atoms with Gasteiger partial charge in [0, 0.05) is 10.6 Å². The van der Waals surface area contributed by atoms with Crippen molar-refractivity contribution in [2.75, 3.05) is 0 Å². The zero-order valence-corrected chi connectivity index (χ0v) is 11.4. The Morgan fingerprint density at radius 2 is 2.47 bits per heavy atom. The summed E-state index contributed by atoms with van der Waals surface area (Å²) in [5.74, 6) is 5.64. The number of rotatable bonds is 4. The number of thiophene rings is 1. The molecule has 17 heavy (non-hydrogen) atoms. The highest BCUT2D eigenvalue weighted by molar-refractivity contribution is 8.00. The van der Waals surface area contributed by atoms with Crippen molar-refractivity contribution in [3.63, 3.8) is 0 Å². The third kappa shape index (κ3) is 3.03. The van der Waals surface area contributed by atoms with E-state index in [2.05, 4.69) is 15.6 Å². The molecule has 2 aromatic rings. The van der Waals surface area contributed by atoms with Gasteiger partial charge in [-0.25, -0.2) is 5.84 Å². The molecule has 0 saturated carbocycles. The van der Waals surface area contributed by atoms with E-state index < -0.39 is 0 Å². The normalized spacial score (nSPS) is 10.5. The first kappa shape index (κ1) is 12.5. The number of aromatic nitrogens is 2. The molecule has 8 heteroatoms. The van der Waals surface area contributed by atoms with Crippen molar-refractivity contribution < 1.29 is 4.79 Å². The van der Waals surface area contributed by atoms with Gasteiger partial charge in [-0.15, -0.1) is 21.5 Å². The summed E-state index contributed by atoms with van der Waals surface area (Å²) < 4.78 is 0.931. The number of hydrazine groups is 1. The van der Waals surface area contributed by atoms with E-state index in [-0.39, 0.29) is 5.91 Å². The number of carbonyl (C=O) groups excluding carboxylic acids is 1. The van der Waals surface area contributed by atoms with Gasteiger partial charge in [0.1, 0.15) is 5.51 Å². The summed E-state index contributed by atoms with van der Waals surface area (Å²) in [6.45, 7) is 1.99. The van der Waals surface area contributed by atoms with E-state index in [0.717, 1.165) is 20.5 Å². The van der Waals surface area contributed by atoms with Gasteiger partial charge in [-0.2, -0.15) is 0 Å². The minimum Gasteiger partial charge on any atom is -0.289 e. The second-order valence-electron chi connectivity index (χ2n) is 3.16. The van der Waals surface area contributed by atoms with Crippen molar-refractivity contribution >= 4 is 40.3 Å². The smallest absolute Gasteiger partial charge is 0.275 e. The van der Waals surface area contributed by atoms with Crippen molar-refractivity contribution in [3.05, 3.63) is 26.9 Å². The fourth-order valence-electron chi connectivity index (χ4n) is 1.21. The van der Waals surface area contributed by atoms with Gasteiger partial charge in [0.2, 0.25) is 0 Å². The number of hydrogen-bond donors (Lipinski definition) is 2. The molecule has 0 unspecified atom stereocenters. The number of amides is 1. The highest BCUT2D eigenvalue weighted by Gasteiger charge is 2.11. The molecule has 0 aromatic carbocycles. The lowest BCUT2D eigenvalue weighted by Gasteiger charge is -1.95. The molecule has 1 amide bonds. The average molecular weight is 286 g/mol. The summed E-state index contributed by atoms with van der Waals surface area (Å²) in [6.07, 6.45) is 0. The monoisotopic (exact) mass is 286 g/mol. The summed E-state index contributed by atoms with van der Waals surface area (Å²) >= 11 is 4.57. The predicted molar refractivity (Wildman–Crippen MR) is 70.2 cm³/mol. The largest absolute Gasteiger partial charge is 0.289 e. The van der Waals surface area contributed by atoms with Crippen LogP contribution in [0.1, 0.15) is 20.1 Å². The number of thioether (sulfide) groups is 1. The van der Waals surface area contributed by atoms with Gasteiger partial charge >= 0.3 is 0 Å². The van der Waals surface area contributed by atoms with Gasteiger partial charge < -0.3 is 0 Å². The van der Waals surface area contributed by atoms with Crippen molar-refractivity contribution in [3.8, 4) is 0 Å². The Morgan fingerprint density at radius 3 is 3.12 bits per heavy atom. The first-order valence-corrected chi connectivity index (χ1v) is 7.38. The molecule has 5 nitrogen and oxygen atoms in total. The van der Waals surface area contributed by atoms with Crippen molar-refractivity contribution in [2.24, 2.45) is 5.84 Å². The van der Waals surface area contributed by atoms with Gasteiger partial charge in [-0.3, -0.25) is 10.2 Å². The Kier molecular flexibility index (Phi) is 4.11. The van der Waals surface area contributed by atoms with Crippen LogP contribution in [0.5, 0.6) is 0 Å². The molecule has 3 N–H and O–H groups in total. The summed E-state index contributed by atoms with van der Waals surface area (Å²) in [4.78, 5) is 13.1. The maximum atomic E-state index is 11.4. The third-order valence-corrected chi connectivity index (χ3v) is 5.07. The lowest BCUT2D eigenvalue weighted by molar-refractivity contribution is 0.0957. The van der Waals surface area contributed by atoms with Crippen LogP contribution >= 0.6 is 34.4 Å². The molecule has 0 atom stereocenters. The Bertz CT molecular complexity index is 508. The molecule has 0 spiro atoms. The van der Waals surface area contributed by atoms with Crippen LogP contribution in [0.4, 0.5) is 0 Å². The molecule has 0 saturated heterocycles. The molecule has 0 radical (unpaired) electrons. The lowest BCUT2D eigenvalue weighted by Crippen LogP contribution is -2.29. The van der Waals surface area contributed by atoms with Gasteiger partial charge in [0.15, 0.2) is 4.34 Å². The summed E-state index contributed by atoms with van der Waals surface area (Å²) in [5.41, 5.74) is 4.97. The van der Waals surface area contributed by atoms with Crippen LogP contribution in [0, 0.1) is 6.92 Å². The molecule has 0 aliphatic carbocycles. The number of aryl methyl sites for hydroxylation is 1. The van der Waals surface area contributed by atoms with Crippen LogP contribution in [0.15, 0.2) is 15.9 Å². The molecule has 2 aromatic heterocycles. The topological polar surface area (TPSA) is 80.9 Å². The Labute approximate surface area is 110 Å². The average Bonchev–Trinajstić information content (AvgIpc) is 2.95. The van der Waals surface area contributed by atoms with E-state index in [9.17, 15) is 4.79 Å². The van der Waals surface area contributed by atoms with Gasteiger partial charge in [-0.05, 0) is 18.6 Å². The highest BCUT2D eigenvalue weighted by Crippen LogP contribution is 2.29. The molecule has 2 rings (SSSR count). The van der Waals surface area contributed by atoms with Crippen LogP contribution < -0.4 is 11.3 Å². The fraction of sp³-hybridized carbons (Fsp3) is 0.222. The molecular weight excluding hydrogens is 276 g/mol. The molecular formula is C9H10N4OS3. The van der Waals surface area contributed by atoms with Gasteiger partial charge in [0.05, 0.1) is 4.88 Å². The second kappa shape index (κ2) is 5.58. The third-order valence-electron chi connectivity index (χ3n) is 2.07. The number of hydrogen-bond acceptors (Lipinski definition) is 7. The molecule has 0 aliphatic heterocycles. The van der Waals surface area contributed by atoms with E-state index in [1.54, 1.807) is 17.3 Å². The lowest BCUT2D eigenvalue weighted by atomic mass is 10.3.